The average Bonchev–Trinajstić information content (AvgIpc) is 3.28. The van der Waals surface area contributed by atoms with E-state index in [1.807, 2.05) is 0 Å². The van der Waals surface area contributed by atoms with E-state index in [1.165, 1.54) is 30.3 Å². The lowest BCUT2D eigenvalue weighted by atomic mass is 9.69. The molecule has 0 amide bonds. The average molecular weight is 467 g/mol. The normalized spacial score (nSPS) is 18.4. The van der Waals surface area contributed by atoms with Crippen LogP contribution in [-0.2, 0) is 4.84 Å². The van der Waals surface area contributed by atoms with Crippen molar-refractivity contribution >= 4 is 46.2 Å². The van der Waals surface area contributed by atoms with E-state index in [0.29, 0.717) is 16.1 Å². The van der Waals surface area contributed by atoms with E-state index in [2.05, 4.69) is 5.16 Å². The fraction of sp³-hybridized carbons (Fsp3) is 0.0870. The maximum Gasteiger partial charge on any atom is 0.269 e. The molecule has 9 heteroatoms. The van der Waals surface area contributed by atoms with Gasteiger partial charge in [-0.1, -0.05) is 52.6 Å². The highest BCUT2D eigenvalue weighted by molar-refractivity contribution is 6.46. The van der Waals surface area contributed by atoms with E-state index in [0.717, 1.165) is 0 Å². The van der Waals surface area contributed by atoms with Gasteiger partial charge in [0.1, 0.15) is 5.71 Å². The Labute approximate surface area is 191 Å². The van der Waals surface area contributed by atoms with Crippen molar-refractivity contribution in [3.05, 3.63) is 109 Å². The SMILES string of the molecule is O=C1c2ccccc2C(=O)C12C(c1ccc(Cl)cc1Cl)=NOC2c1ccc([N+](=O)[O-])cc1. The van der Waals surface area contributed by atoms with Crippen molar-refractivity contribution in [2.75, 3.05) is 0 Å². The molecule has 5 rings (SSSR count). The molecule has 2 aliphatic rings. The van der Waals surface area contributed by atoms with E-state index < -0.39 is 28.0 Å². The van der Waals surface area contributed by atoms with Gasteiger partial charge in [-0.3, -0.25) is 19.7 Å². The number of nitrogens with zero attached hydrogens (tertiary/aromatic N) is 2. The third kappa shape index (κ3) is 2.71. The van der Waals surface area contributed by atoms with Gasteiger partial charge in [-0.15, -0.1) is 0 Å². The van der Waals surface area contributed by atoms with Gasteiger partial charge < -0.3 is 4.84 Å². The number of oxime groups is 1. The first-order chi connectivity index (χ1) is 15.4. The summed E-state index contributed by atoms with van der Waals surface area (Å²) < 4.78 is 0. The highest BCUT2D eigenvalue weighted by Crippen LogP contribution is 2.54. The van der Waals surface area contributed by atoms with Crippen LogP contribution in [0.3, 0.4) is 0 Å². The Morgan fingerprint density at radius 2 is 1.53 bits per heavy atom. The topological polar surface area (TPSA) is 98.9 Å². The van der Waals surface area contributed by atoms with Crippen molar-refractivity contribution in [2.24, 2.45) is 10.6 Å². The lowest BCUT2D eigenvalue weighted by Crippen LogP contribution is -2.44. The first kappa shape index (κ1) is 20.4. The number of fused-ring (bicyclic) bond motifs is 1. The summed E-state index contributed by atoms with van der Waals surface area (Å²) >= 11 is 12.4. The molecule has 0 saturated carbocycles. The zero-order valence-electron chi connectivity index (χ0n) is 16.1. The molecule has 3 aromatic carbocycles. The van der Waals surface area contributed by atoms with E-state index in [1.54, 1.807) is 36.4 Å². The molecule has 1 heterocycles. The van der Waals surface area contributed by atoms with Gasteiger partial charge in [0, 0.05) is 33.8 Å². The van der Waals surface area contributed by atoms with Crippen molar-refractivity contribution in [2.45, 2.75) is 6.10 Å². The van der Waals surface area contributed by atoms with Crippen LogP contribution < -0.4 is 0 Å². The maximum absolute atomic E-state index is 13.8. The second-order valence-electron chi connectivity index (χ2n) is 7.41. The summed E-state index contributed by atoms with van der Waals surface area (Å²) in [6.45, 7) is 0. The van der Waals surface area contributed by atoms with Crippen LogP contribution in [0.2, 0.25) is 10.0 Å². The van der Waals surface area contributed by atoms with Crippen LogP contribution in [0.25, 0.3) is 0 Å². The monoisotopic (exact) mass is 466 g/mol. The number of hydrogen-bond donors (Lipinski definition) is 0. The lowest BCUT2D eigenvalue weighted by Gasteiger charge is -2.27. The minimum absolute atomic E-state index is 0.0775. The smallest absolute Gasteiger partial charge is 0.269 e. The Balaban J connectivity index is 1.73. The zero-order valence-corrected chi connectivity index (χ0v) is 17.6. The van der Waals surface area contributed by atoms with Crippen LogP contribution >= 0.6 is 23.2 Å². The first-order valence-electron chi connectivity index (χ1n) is 9.48. The number of nitro benzene ring substituents is 1. The quantitative estimate of drug-likeness (QED) is 0.290. The van der Waals surface area contributed by atoms with Crippen LogP contribution in [0.15, 0.2) is 71.9 Å². The molecule has 0 radical (unpaired) electrons. The van der Waals surface area contributed by atoms with E-state index in [-0.39, 0.29) is 27.5 Å². The Bertz CT molecular complexity index is 1320. The summed E-state index contributed by atoms with van der Waals surface area (Å²) in [4.78, 5) is 43.8. The number of nitro groups is 1. The van der Waals surface area contributed by atoms with E-state index in [4.69, 9.17) is 28.0 Å². The van der Waals surface area contributed by atoms with Crippen molar-refractivity contribution in [3.63, 3.8) is 0 Å². The molecule has 0 bridgehead atoms. The van der Waals surface area contributed by atoms with E-state index >= 15 is 0 Å². The molecule has 158 valence electrons. The number of carbonyl (C=O) groups is 2. The zero-order chi connectivity index (χ0) is 22.6. The minimum Gasteiger partial charge on any atom is -0.385 e. The maximum atomic E-state index is 13.8. The number of carbonyl (C=O) groups excluding carboxylic acids is 2. The molecule has 1 atom stereocenters. The Morgan fingerprint density at radius 1 is 0.906 bits per heavy atom. The third-order valence-corrected chi connectivity index (χ3v) is 6.29. The molecule has 1 spiro atoms. The summed E-state index contributed by atoms with van der Waals surface area (Å²) in [7, 11) is 0. The molecule has 1 aliphatic heterocycles. The van der Waals surface area contributed by atoms with Gasteiger partial charge in [-0.25, -0.2) is 0 Å². The second kappa shape index (κ2) is 7.25. The minimum atomic E-state index is -1.82. The van der Waals surface area contributed by atoms with Crippen molar-refractivity contribution in [1.29, 1.82) is 0 Å². The molecular weight excluding hydrogens is 455 g/mol. The molecule has 1 unspecified atom stereocenters. The van der Waals surface area contributed by atoms with Crippen LogP contribution in [0.5, 0.6) is 0 Å². The highest BCUT2D eigenvalue weighted by atomic mass is 35.5. The fourth-order valence-corrected chi connectivity index (χ4v) is 4.76. The molecule has 1 aliphatic carbocycles. The van der Waals surface area contributed by atoms with Gasteiger partial charge in [-0.05, 0) is 35.9 Å². The third-order valence-electron chi connectivity index (χ3n) is 5.74. The lowest BCUT2D eigenvalue weighted by molar-refractivity contribution is -0.384. The summed E-state index contributed by atoms with van der Waals surface area (Å²) in [6, 6.07) is 16.6. The van der Waals surface area contributed by atoms with Gasteiger partial charge in [0.2, 0.25) is 0 Å². The van der Waals surface area contributed by atoms with Crippen LogP contribution in [0.1, 0.15) is 37.9 Å². The van der Waals surface area contributed by atoms with Crippen LogP contribution in [0.4, 0.5) is 5.69 Å². The number of non-ortho nitro benzene ring substituents is 1. The molecule has 0 fully saturated rings. The largest absolute Gasteiger partial charge is 0.385 e. The summed E-state index contributed by atoms with van der Waals surface area (Å²) in [5.41, 5.74) is -0.620. The number of halogens is 2. The van der Waals surface area contributed by atoms with Crippen LogP contribution in [-0.4, -0.2) is 22.2 Å². The molecule has 0 N–H and O–H groups in total. The summed E-state index contributed by atoms with van der Waals surface area (Å²) in [5, 5.41) is 15.8. The van der Waals surface area contributed by atoms with Crippen LogP contribution in [0, 0.1) is 15.5 Å². The highest BCUT2D eigenvalue weighted by Gasteiger charge is 2.66. The summed E-state index contributed by atoms with van der Waals surface area (Å²) in [5.74, 6) is -0.938. The number of hydrogen-bond acceptors (Lipinski definition) is 6. The molecule has 0 saturated heterocycles. The number of benzene rings is 3. The van der Waals surface area contributed by atoms with Gasteiger partial charge in [0.15, 0.2) is 23.1 Å². The molecule has 3 aromatic rings. The second-order valence-corrected chi connectivity index (χ2v) is 8.25. The predicted octanol–water partition coefficient (Wildman–Crippen LogP) is 5.44. The van der Waals surface area contributed by atoms with Gasteiger partial charge in [-0.2, -0.15) is 0 Å². The Kier molecular flexibility index (Phi) is 4.62. The number of Topliss-reactive ketones (excluding diaryl/α,β-unsaturated/α-hetero) is 2. The Hall–Kier alpha value is -3.55. The molecule has 32 heavy (non-hydrogen) atoms. The van der Waals surface area contributed by atoms with Gasteiger partial charge in [0.05, 0.1) is 9.95 Å². The van der Waals surface area contributed by atoms with Gasteiger partial charge >= 0.3 is 0 Å². The predicted molar refractivity (Wildman–Crippen MR) is 117 cm³/mol. The van der Waals surface area contributed by atoms with Crippen molar-refractivity contribution in [3.8, 4) is 0 Å². The standard InChI is InChI=1S/C23H12Cl2N2O5/c24-13-7-10-17(18(25)11-13)19-23(20(28)15-3-1-2-4-16(15)21(23)29)22(32-26-19)12-5-8-14(9-6-12)27(30)31/h1-11,22H. The summed E-state index contributed by atoms with van der Waals surface area (Å²) in [6.07, 6.45) is -1.13. The Morgan fingerprint density at radius 3 is 2.09 bits per heavy atom. The molecular formula is C23H12Cl2N2O5. The van der Waals surface area contributed by atoms with E-state index in [9.17, 15) is 19.7 Å². The van der Waals surface area contributed by atoms with Crippen molar-refractivity contribution < 1.29 is 19.3 Å². The fourth-order valence-electron chi connectivity index (χ4n) is 4.27. The van der Waals surface area contributed by atoms with Crippen molar-refractivity contribution in [1.82, 2.24) is 0 Å². The number of rotatable bonds is 3. The number of ketones is 2. The molecule has 7 nitrogen and oxygen atoms in total. The molecule has 0 aromatic heterocycles. The first-order valence-corrected chi connectivity index (χ1v) is 10.2. The van der Waals surface area contributed by atoms with Gasteiger partial charge in [0.25, 0.3) is 5.69 Å².